The second-order valence-corrected chi connectivity index (χ2v) is 6.24. The summed E-state index contributed by atoms with van der Waals surface area (Å²) in [6, 6.07) is 0. The Balaban J connectivity index is 1.88. The van der Waals surface area contributed by atoms with E-state index >= 15 is 0 Å². The molecule has 0 saturated carbocycles. The lowest BCUT2D eigenvalue weighted by Gasteiger charge is -2.27. The van der Waals surface area contributed by atoms with Gasteiger partial charge in [-0.3, -0.25) is 0 Å². The molecule has 0 aromatic carbocycles. The molecule has 0 spiro atoms. The summed E-state index contributed by atoms with van der Waals surface area (Å²) in [4.78, 5) is 0. The highest BCUT2D eigenvalue weighted by atomic mass is 32.2. The molecule has 2 rings (SSSR count). The van der Waals surface area contributed by atoms with Crippen LogP contribution in [0.2, 0.25) is 0 Å². The summed E-state index contributed by atoms with van der Waals surface area (Å²) in [5.41, 5.74) is 0. The number of hydrogen-bond donors (Lipinski definition) is 2. The lowest BCUT2D eigenvalue weighted by atomic mass is 9.85. The number of hydrogen-bond acceptors (Lipinski definition) is 4. The Morgan fingerprint density at radius 2 is 2.33 bits per heavy atom. The average molecular weight is 234 g/mol. The Bertz CT molecular complexity index is 317. The second-order valence-electron chi connectivity index (χ2n) is 4.41. The molecule has 2 saturated heterocycles. The fourth-order valence-electron chi connectivity index (χ4n) is 2.43. The standard InChI is InChI=1S/C9H18N2O3S/c1-15(12,13)11-5-9-8-2-3-10-4-7(8)6-14-9/h7-11H,2-6H2,1H3. The molecule has 6 heteroatoms. The van der Waals surface area contributed by atoms with Crippen molar-refractivity contribution in [1.29, 1.82) is 0 Å². The van der Waals surface area contributed by atoms with Gasteiger partial charge in [-0.1, -0.05) is 0 Å². The number of fused-ring (bicyclic) bond motifs is 1. The normalized spacial score (nSPS) is 36.5. The third kappa shape index (κ3) is 2.90. The van der Waals surface area contributed by atoms with Crippen molar-refractivity contribution >= 4 is 10.0 Å². The van der Waals surface area contributed by atoms with Crippen LogP contribution in [-0.4, -0.2) is 47.0 Å². The summed E-state index contributed by atoms with van der Waals surface area (Å²) in [7, 11) is -3.10. The van der Waals surface area contributed by atoms with Gasteiger partial charge in [-0.2, -0.15) is 0 Å². The molecule has 15 heavy (non-hydrogen) atoms. The molecule has 88 valence electrons. The van der Waals surface area contributed by atoms with E-state index in [1.807, 2.05) is 0 Å². The highest BCUT2D eigenvalue weighted by Crippen LogP contribution is 2.31. The largest absolute Gasteiger partial charge is 0.376 e. The van der Waals surface area contributed by atoms with E-state index in [4.69, 9.17) is 4.74 Å². The van der Waals surface area contributed by atoms with Crippen LogP contribution in [0, 0.1) is 11.8 Å². The monoisotopic (exact) mass is 234 g/mol. The quantitative estimate of drug-likeness (QED) is 0.668. The molecular weight excluding hydrogens is 216 g/mol. The molecule has 2 heterocycles. The maximum atomic E-state index is 11.0. The SMILES string of the molecule is CS(=O)(=O)NCC1OCC2CNCCC21. The van der Waals surface area contributed by atoms with Gasteiger partial charge in [0.2, 0.25) is 10.0 Å². The van der Waals surface area contributed by atoms with Crippen LogP contribution >= 0.6 is 0 Å². The van der Waals surface area contributed by atoms with E-state index in [1.165, 1.54) is 6.26 Å². The number of nitrogens with one attached hydrogen (secondary N) is 2. The van der Waals surface area contributed by atoms with Gasteiger partial charge in [-0.05, 0) is 18.9 Å². The first-order chi connectivity index (χ1) is 7.06. The number of sulfonamides is 1. The van der Waals surface area contributed by atoms with E-state index in [-0.39, 0.29) is 6.10 Å². The Kier molecular flexibility index (Phi) is 3.30. The maximum Gasteiger partial charge on any atom is 0.208 e. The van der Waals surface area contributed by atoms with Crippen molar-refractivity contribution in [3.8, 4) is 0 Å². The Morgan fingerprint density at radius 3 is 3.07 bits per heavy atom. The third-order valence-electron chi connectivity index (χ3n) is 3.22. The Hall–Kier alpha value is -0.170. The first-order valence-electron chi connectivity index (χ1n) is 5.33. The summed E-state index contributed by atoms with van der Waals surface area (Å²) in [5.74, 6) is 1.07. The van der Waals surface area contributed by atoms with Crippen molar-refractivity contribution in [3.05, 3.63) is 0 Å². The van der Waals surface area contributed by atoms with Crippen LogP contribution in [-0.2, 0) is 14.8 Å². The van der Waals surface area contributed by atoms with Crippen LogP contribution in [0.25, 0.3) is 0 Å². The van der Waals surface area contributed by atoms with E-state index < -0.39 is 10.0 Å². The zero-order valence-corrected chi connectivity index (χ0v) is 9.72. The first kappa shape index (κ1) is 11.3. The fraction of sp³-hybridized carbons (Fsp3) is 1.00. The number of piperidine rings is 1. The van der Waals surface area contributed by atoms with Crippen LogP contribution in [0.15, 0.2) is 0 Å². The molecule has 0 aliphatic carbocycles. The Labute approximate surface area is 90.6 Å². The smallest absolute Gasteiger partial charge is 0.208 e. The molecule has 2 fully saturated rings. The van der Waals surface area contributed by atoms with E-state index in [1.54, 1.807) is 0 Å². The topological polar surface area (TPSA) is 67.4 Å². The van der Waals surface area contributed by atoms with Crippen LogP contribution in [0.1, 0.15) is 6.42 Å². The van der Waals surface area contributed by atoms with Crippen molar-refractivity contribution in [2.24, 2.45) is 11.8 Å². The van der Waals surface area contributed by atoms with Gasteiger partial charge in [0.1, 0.15) is 0 Å². The zero-order chi connectivity index (χ0) is 10.9. The fourth-order valence-corrected chi connectivity index (χ4v) is 2.90. The minimum absolute atomic E-state index is 0.0619. The lowest BCUT2D eigenvalue weighted by molar-refractivity contribution is 0.0928. The molecule has 0 radical (unpaired) electrons. The van der Waals surface area contributed by atoms with E-state index in [0.717, 1.165) is 26.1 Å². The van der Waals surface area contributed by atoms with Gasteiger partial charge in [-0.25, -0.2) is 13.1 Å². The highest BCUT2D eigenvalue weighted by molar-refractivity contribution is 7.88. The van der Waals surface area contributed by atoms with Gasteiger partial charge >= 0.3 is 0 Å². The molecule has 5 nitrogen and oxygen atoms in total. The molecule has 0 amide bonds. The van der Waals surface area contributed by atoms with Crippen molar-refractivity contribution in [2.45, 2.75) is 12.5 Å². The number of rotatable bonds is 3. The van der Waals surface area contributed by atoms with Gasteiger partial charge in [0.15, 0.2) is 0 Å². The predicted molar refractivity (Wildman–Crippen MR) is 57.1 cm³/mol. The molecule has 0 bridgehead atoms. The minimum Gasteiger partial charge on any atom is -0.376 e. The third-order valence-corrected chi connectivity index (χ3v) is 3.91. The minimum atomic E-state index is -3.10. The molecule has 2 aliphatic rings. The summed E-state index contributed by atoms with van der Waals surface area (Å²) in [6.45, 7) is 3.19. The maximum absolute atomic E-state index is 11.0. The van der Waals surface area contributed by atoms with Gasteiger partial charge in [-0.15, -0.1) is 0 Å². The van der Waals surface area contributed by atoms with E-state index in [2.05, 4.69) is 10.0 Å². The van der Waals surface area contributed by atoms with Gasteiger partial charge < -0.3 is 10.1 Å². The molecule has 3 unspecified atom stereocenters. The van der Waals surface area contributed by atoms with Crippen LogP contribution in [0.5, 0.6) is 0 Å². The molecule has 3 atom stereocenters. The van der Waals surface area contributed by atoms with Gasteiger partial charge in [0, 0.05) is 19.0 Å². The highest BCUT2D eigenvalue weighted by Gasteiger charge is 2.38. The van der Waals surface area contributed by atoms with E-state index in [9.17, 15) is 8.42 Å². The van der Waals surface area contributed by atoms with E-state index in [0.29, 0.717) is 18.4 Å². The molecule has 2 aliphatic heterocycles. The summed E-state index contributed by atoms with van der Waals surface area (Å²) < 4.78 is 30.1. The van der Waals surface area contributed by atoms with Crippen LogP contribution in [0.4, 0.5) is 0 Å². The molecule has 0 aromatic rings. The molecular formula is C9H18N2O3S. The van der Waals surface area contributed by atoms with Crippen LogP contribution < -0.4 is 10.0 Å². The van der Waals surface area contributed by atoms with Crippen molar-refractivity contribution < 1.29 is 13.2 Å². The van der Waals surface area contributed by atoms with Crippen LogP contribution in [0.3, 0.4) is 0 Å². The first-order valence-corrected chi connectivity index (χ1v) is 7.22. The van der Waals surface area contributed by atoms with Gasteiger partial charge in [0.05, 0.1) is 19.0 Å². The Morgan fingerprint density at radius 1 is 1.53 bits per heavy atom. The summed E-state index contributed by atoms with van der Waals surface area (Å²) in [6.07, 6.45) is 2.33. The molecule has 0 aromatic heterocycles. The second kappa shape index (κ2) is 4.37. The lowest BCUT2D eigenvalue weighted by Crippen LogP contribution is -2.41. The van der Waals surface area contributed by atoms with Gasteiger partial charge in [0.25, 0.3) is 0 Å². The van der Waals surface area contributed by atoms with Crippen molar-refractivity contribution in [3.63, 3.8) is 0 Å². The predicted octanol–water partition coefficient (Wildman–Crippen LogP) is -0.840. The summed E-state index contributed by atoms with van der Waals surface area (Å²) in [5, 5.41) is 3.33. The number of ether oxygens (including phenoxy) is 1. The zero-order valence-electron chi connectivity index (χ0n) is 8.90. The molecule has 2 N–H and O–H groups in total. The van der Waals surface area contributed by atoms with Crippen molar-refractivity contribution in [2.75, 3.05) is 32.5 Å². The summed E-state index contributed by atoms with van der Waals surface area (Å²) >= 11 is 0. The average Bonchev–Trinajstić information content (AvgIpc) is 2.57. The van der Waals surface area contributed by atoms with Crippen molar-refractivity contribution in [1.82, 2.24) is 10.0 Å².